The number of aromatic nitrogens is 2. The van der Waals surface area contributed by atoms with Gasteiger partial charge in [0.25, 0.3) is 5.91 Å². The third kappa shape index (κ3) is 3.31. The van der Waals surface area contributed by atoms with Crippen molar-refractivity contribution in [3.8, 4) is 5.75 Å². The highest BCUT2D eigenvalue weighted by Crippen LogP contribution is 2.25. The van der Waals surface area contributed by atoms with E-state index in [1.807, 2.05) is 29.2 Å². The molecule has 26 heavy (non-hydrogen) atoms. The molecule has 6 heteroatoms. The molecule has 1 aromatic heterocycles. The van der Waals surface area contributed by atoms with Crippen LogP contribution in [0.2, 0.25) is 0 Å². The fourth-order valence-electron chi connectivity index (χ4n) is 3.15. The number of hydrogen-bond acceptors (Lipinski definition) is 5. The number of amides is 1. The zero-order valence-corrected chi connectivity index (χ0v) is 14.5. The Morgan fingerprint density at radius 1 is 1.15 bits per heavy atom. The molecule has 2 aromatic carbocycles. The Balaban J connectivity index is 1.51. The highest BCUT2D eigenvalue weighted by Gasteiger charge is 2.24. The van der Waals surface area contributed by atoms with E-state index in [1.54, 1.807) is 19.1 Å². The van der Waals surface area contributed by atoms with E-state index in [4.69, 9.17) is 9.26 Å². The summed E-state index contributed by atoms with van der Waals surface area (Å²) < 4.78 is 10.7. The van der Waals surface area contributed by atoms with Crippen molar-refractivity contribution in [1.29, 1.82) is 0 Å². The van der Waals surface area contributed by atoms with E-state index >= 15 is 0 Å². The summed E-state index contributed by atoms with van der Waals surface area (Å²) in [5.74, 6) is 1.44. The minimum absolute atomic E-state index is 0.0283. The number of carbonyl (C=O) groups excluding carboxylic acids is 1. The highest BCUT2D eigenvalue weighted by atomic mass is 16.5. The predicted molar refractivity (Wildman–Crippen MR) is 94.7 cm³/mol. The number of fused-ring (bicyclic) bond motifs is 1. The van der Waals surface area contributed by atoms with Crippen LogP contribution in [0.3, 0.4) is 0 Å². The lowest BCUT2D eigenvalue weighted by atomic mass is 9.99. The average molecular weight is 349 g/mol. The van der Waals surface area contributed by atoms with E-state index in [0.717, 1.165) is 6.42 Å². The second-order valence-electron chi connectivity index (χ2n) is 6.26. The van der Waals surface area contributed by atoms with Crippen LogP contribution >= 0.6 is 0 Å². The van der Waals surface area contributed by atoms with E-state index in [1.165, 1.54) is 11.1 Å². The zero-order valence-electron chi connectivity index (χ0n) is 14.5. The smallest absolute Gasteiger partial charge is 0.257 e. The third-order valence-electron chi connectivity index (χ3n) is 4.46. The van der Waals surface area contributed by atoms with Crippen LogP contribution in [0.4, 0.5) is 0 Å². The molecule has 4 rings (SSSR count). The van der Waals surface area contributed by atoms with Gasteiger partial charge in [0.15, 0.2) is 6.61 Å². The number of ether oxygens (including phenoxy) is 1. The molecule has 0 bridgehead atoms. The van der Waals surface area contributed by atoms with Crippen molar-refractivity contribution >= 4 is 5.91 Å². The van der Waals surface area contributed by atoms with Gasteiger partial charge < -0.3 is 14.2 Å². The van der Waals surface area contributed by atoms with Crippen LogP contribution in [0.15, 0.2) is 53.1 Å². The molecule has 0 spiro atoms. The molecule has 0 atom stereocenters. The average Bonchev–Trinajstić information content (AvgIpc) is 3.11. The number of aryl methyl sites for hydroxylation is 1. The maximum atomic E-state index is 13.0. The second kappa shape index (κ2) is 7.00. The molecule has 1 aliphatic rings. The van der Waals surface area contributed by atoms with Gasteiger partial charge in [0, 0.05) is 20.0 Å². The first-order valence-electron chi connectivity index (χ1n) is 8.58. The molecule has 0 aliphatic carbocycles. The fraction of sp³-hybridized carbons (Fsp3) is 0.250. The second-order valence-corrected chi connectivity index (χ2v) is 6.26. The lowest BCUT2D eigenvalue weighted by Gasteiger charge is -2.29. The molecule has 132 valence electrons. The first kappa shape index (κ1) is 16.3. The van der Waals surface area contributed by atoms with Crippen molar-refractivity contribution in [2.45, 2.75) is 26.5 Å². The van der Waals surface area contributed by atoms with Gasteiger partial charge in [-0.25, -0.2) is 0 Å². The SMILES string of the molecule is Cc1nc(COc2ccccc2C(=O)N2CCc3ccccc3C2)no1. The third-order valence-corrected chi connectivity index (χ3v) is 4.46. The van der Waals surface area contributed by atoms with Crippen LogP contribution in [0, 0.1) is 6.92 Å². The van der Waals surface area contributed by atoms with E-state index in [2.05, 4.69) is 22.3 Å². The van der Waals surface area contributed by atoms with Gasteiger partial charge in [-0.2, -0.15) is 4.98 Å². The summed E-state index contributed by atoms with van der Waals surface area (Å²) in [5.41, 5.74) is 3.06. The van der Waals surface area contributed by atoms with E-state index in [-0.39, 0.29) is 12.5 Å². The van der Waals surface area contributed by atoms with E-state index in [0.29, 0.717) is 36.1 Å². The van der Waals surface area contributed by atoms with Crippen LogP contribution in [0.1, 0.15) is 33.2 Å². The Morgan fingerprint density at radius 3 is 2.73 bits per heavy atom. The Labute approximate surface area is 151 Å². The van der Waals surface area contributed by atoms with Crippen LogP contribution in [-0.2, 0) is 19.6 Å². The maximum absolute atomic E-state index is 13.0. The highest BCUT2D eigenvalue weighted by molar-refractivity contribution is 5.97. The van der Waals surface area contributed by atoms with Gasteiger partial charge in [-0.05, 0) is 29.7 Å². The Bertz CT molecular complexity index is 935. The van der Waals surface area contributed by atoms with E-state index < -0.39 is 0 Å². The minimum atomic E-state index is -0.0283. The molecule has 1 aliphatic heterocycles. The van der Waals surface area contributed by atoms with Gasteiger partial charge >= 0.3 is 0 Å². The maximum Gasteiger partial charge on any atom is 0.257 e. The van der Waals surface area contributed by atoms with Crippen molar-refractivity contribution in [2.75, 3.05) is 6.54 Å². The zero-order chi connectivity index (χ0) is 17.9. The summed E-state index contributed by atoms with van der Waals surface area (Å²) in [6, 6.07) is 15.5. The molecule has 3 aromatic rings. The van der Waals surface area contributed by atoms with Gasteiger partial charge in [0.05, 0.1) is 5.56 Å². The number of rotatable bonds is 4. The monoisotopic (exact) mass is 349 g/mol. The Kier molecular flexibility index (Phi) is 4.39. The van der Waals surface area contributed by atoms with Crippen molar-refractivity contribution in [1.82, 2.24) is 15.0 Å². The molecule has 6 nitrogen and oxygen atoms in total. The van der Waals surface area contributed by atoms with Gasteiger partial charge in [-0.1, -0.05) is 41.6 Å². The summed E-state index contributed by atoms with van der Waals surface area (Å²) in [4.78, 5) is 19.0. The summed E-state index contributed by atoms with van der Waals surface area (Å²) in [7, 11) is 0. The molecular weight excluding hydrogens is 330 g/mol. The van der Waals surface area contributed by atoms with Crippen molar-refractivity contribution in [3.63, 3.8) is 0 Å². The summed E-state index contributed by atoms with van der Waals surface area (Å²) in [6.07, 6.45) is 0.868. The molecule has 0 fully saturated rings. The summed E-state index contributed by atoms with van der Waals surface area (Å²) >= 11 is 0. The van der Waals surface area contributed by atoms with Crippen molar-refractivity contribution in [2.24, 2.45) is 0 Å². The van der Waals surface area contributed by atoms with Crippen LogP contribution in [-0.4, -0.2) is 27.5 Å². The summed E-state index contributed by atoms with van der Waals surface area (Å²) in [6.45, 7) is 3.20. The van der Waals surface area contributed by atoms with Crippen molar-refractivity contribution in [3.05, 3.63) is 76.9 Å². The van der Waals surface area contributed by atoms with Gasteiger partial charge in [-0.15, -0.1) is 0 Å². The number of nitrogens with zero attached hydrogens (tertiary/aromatic N) is 3. The number of benzene rings is 2. The largest absolute Gasteiger partial charge is 0.485 e. The van der Waals surface area contributed by atoms with Gasteiger partial charge in [0.2, 0.25) is 11.7 Å². The number of para-hydroxylation sites is 1. The summed E-state index contributed by atoms with van der Waals surface area (Å²) in [5, 5.41) is 3.81. The topological polar surface area (TPSA) is 68.5 Å². The van der Waals surface area contributed by atoms with Crippen LogP contribution in [0.5, 0.6) is 5.75 Å². The van der Waals surface area contributed by atoms with Crippen LogP contribution < -0.4 is 4.74 Å². The Morgan fingerprint density at radius 2 is 1.92 bits per heavy atom. The lowest BCUT2D eigenvalue weighted by molar-refractivity contribution is 0.0729. The molecular formula is C20H19N3O3. The van der Waals surface area contributed by atoms with Crippen LogP contribution in [0.25, 0.3) is 0 Å². The van der Waals surface area contributed by atoms with E-state index in [9.17, 15) is 4.79 Å². The first-order chi connectivity index (χ1) is 12.7. The molecule has 0 unspecified atom stereocenters. The quantitative estimate of drug-likeness (QED) is 0.724. The molecule has 2 heterocycles. The molecule has 0 N–H and O–H groups in total. The lowest BCUT2D eigenvalue weighted by Crippen LogP contribution is -2.36. The van der Waals surface area contributed by atoms with Gasteiger partial charge in [-0.3, -0.25) is 4.79 Å². The van der Waals surface area contributed by atoms with Crippen molar-refractivity contribution < 1.29 is 14.1 Å². The molecule has 0 radical (unpaired) electrons. The van der Waals surface area contributed by atoms with Gasteiger partial charge in [0.1, 0.15) is 5.75 Å². The molecule has 0 saturated carbocycles. The Hall–Kier alpha value is -3.15. The first-order valence-corrected chi connectivity index (χ1v) is 8.58. The normalized spacial score (nSPS) is 13.3. The minimum Gasteiger partial charge on any atom is -0.485 e. The molecule has 1 amide bonds. The fourth-order valence-corrected chi connectivity index (χ4v) is 3.15. The predicted octanol–water partition coefficient (Wildman–Crippen LogP) is 3.16. The molecule has 0 saturated heterocycles. The standard InChI is InChI=1S/C20H19N3O3/c1-14-21-19(22-26-14)13-25-18-9-5-4-8-17(18)20(24)23-11-10-15-6-2-3-7-16(15)12-23/h2-9H,10-13H2,1H3. The number of carbonyl (C=O) groups is 1. The number of hydrogen-bond donors (Lipinski definition) is 0.